The number of nitrogens with one attached hydrogen (secondary N) is 2. The van der Waals surface area contributed by atoms with E-state index in [0.29, 0.717) is 17.0 Å². The molecule has 2 aliphatic rings. The second kappa shape index (κ2) is 8.18. The molecule has 0 radical (unpaired) electrons. The van der Waals surface area contributed by atoms with Crippen LogP contribution in [0.3, 0.4) is 0 Å². The predicted molar refractivity (Wildman–Crippen MR) is 118 cm³/mol. The zero-order chi connectivity index (χ0) is 23.0. The molecule has 2 aromatic rings. The normalized spacial score (nSPS) is 18.7. The van der Waals surface area contributed by atoms with Crippen molar-refractivity contribution in [3.05, 3.63) is 70.8 Å². The number of amides is 4. The number of likely N-dealkylation sites (N-methyl/N-ethyl adjacent to an activating group) is 1. The van der Waals surface area contributed by atoms with Gasteiger partial charge in [-0.2, -0.15) is 0 Å². The van der Waals surface area contributed by atoms with Gasteiger partial charge in [0.2, 0.25) is 5.91 Å². The molecule has 3 heterocycles. The Morgan fingerprint density at radius 3 is 2.53 bits per heavy atom. The highest BCUT2D eigenvalue weighted by atomic mass is 16.3. The number of rotatable bonds is 5. The molecule has 0 aliphatic carbocycles. The maximum Gasteiger partial charge on any atom is 0.322 e. The van der Waals surface area contributed by atoms with Gasteiger partial charge < -0.3 is 20.0 Å². The van der Waals surface area contributed by atoms with Gasteiger partial charge in [0.15, 0.2) is 0 Å². The van der Waals surface area contributed by atoms with Gasteiger partial charge in [0, 0.05) is 7.05 Å². The summed E-state index contributed by atoms with van der Waals surface area (Å²) in [4.78, 5) is 41.2. The van der Waals surface area contributed by atoms with E-state index in [1.165, 1.54) is 21.6 Å². The summed E-state index contributed by atoms with van der Waals surface area (Å²) in [6.45, 7) is 6.77. The standard InChI is InChI=1S/C24H28N4O4/c1-24(2,3)16-9-7-15(8-10-16)21-20-18(27(4)23(31)26-21)13-28(22(20)30)14-19(29)25-12-17-6-5-11-32-17/h5-11,21H,12-14H2,1-4H3,(H,25,29)(H,26,31). The third-order valence-corrected chi connectivity index (χ3v) is 5.92. The monoisotopic (exact) mass is 436 g/mol. The molecule has 4 amide bonds. The molecule has 1 aromatic heterocycles. The summed E-state index contributed by atoms with van der Waals surface area (Å²) < 4.78 is 5.21. The molecule has 1 atom stereocenters. The highest BCUT2D eigenvalue weighted by Gasteiger charge is 2.43. The van der Waals surface area contributed by atoms with Crippen molar-refractivity contribution in [3.8, 4) is 0 Å². The van der Waals surface area contributed by atoms with E-state index >= 15 is 0 Å². The summed E-state index contributed by atoms with van der Waals surface area (Å²) in [6.07, 6.45) is 1.54. The Bertz CT molecular complexity index is 1060. The van der Waals surface area contributed by atoms with Gasteiger partial charge in [-0.15, -0.1) is 0 Å². The van der Waals surface area contributed by atoms with Crippen molar-refractivity contribution in [2.45, 2.75) is 38.8 Å². The molecule has 2 aliphatic heterocycles. The Balaban J connectivity index is 1.52. The Morgan fingerprint density at radius 1 is 1.19 bits per heavy atom. The van der Waals surface area contributed by atoms with Crippen molar-refractivity contribution in [3.63, 3.8) is 0 Å². The second-order valence-electron chi connectivity index (χ2n) is 9.19. The lowest BCUT2D eigenvalue weighted by atomic mass is 9.85. The first kappa shape index (κ1) is 21.7. The van der Waals surface area contributed by atoms with Gasteiger partial charge in [-0.25, -0.2) is 4.79 Å². The van der Waals surface area contributed by atoms with Gasteiger partial charge in [-0.05, 0) is 28.7 Å². The van der Waals surface area contributed by atoms with Crippen LogP contribution in [0.5, 0.6) is 0 Å². The van der Waals surface area contributed by atoms with Gasteiger partial charge in [0.25, 0.3) is 5.91 Å². The van der Waals surface area contributed by atoms with Crippen LogP contribution in [0, 0.1) is 0 Å². The minimum Gasteiger partial charge on any atom is -0.467 e. The van der Waals surface area contributed by atoms with E-state index in [4.69, 9.17) is 4.42 Å². The molecule has 0 bridgehead atoms. The van der Waals surface area contributed by atoms with Crippen LogP contribution in [0.25, 0.3) is 0 Å². The molecule has 2 N–H and O–H groups in total. The van der Waals surface area contributed by atoms with Crippen molar-refractivity contribution in [1.29, 1.82) is 0 Å². The average molecular weight is 437 g/mol. The zero-order valence-corrected chi connectivity index (χ0v) is 18.8. The first-order valence-corrected chi connectivity index (χ1v) is 10.6. The van der Waals surface area contributed by atoms with Gasteiger partial charge in [0.05, 0.1) is 36.7 Å². The van der Waals surface area contributed by atoms with Crippen LogP contribution in [0.1, 0.15) is 43.7 Å². The van der Waals surface area contributed by atoms with E-state index in [1.54, 1.807) is 19.2 Å². The fourth-order valence-corrected chi connectivity index (χ4v) is 4.00. The molecule has 8 nitrogen and oxygen atoms in total. The van der Waals surface area contributed by atoms with Gasteiger partial charge in [-0.3, -0.25) is 14.5 Å². The average Bonchev–Trinajstić information content (AvgIpc) is 3.38. The van der Waals surface area contributed by atoms with Crippen molar-refractivity contribution >= 4 is 17.8 Å². The Morgan fingerprint density at radius 2 is 1.91 bits per heavy atom. The smallest absolute Gasteiger partial charge is 0.322 e. The van der Waals surface area contributed by atoms with Crippen LogP contribution >= 0.6 is 0 Å². The largest absolute Gasteiger partial charge is 0.467 e. The van der Waals surface area contributed by atoms with Crippen LogP contribution in [0.15, 0.2) is 58.3 Å². The maximum atomic E-state index is 13.3. The van der Waals surface area contributed by atoms with Gasteiger partial charge in [0.1, 0.15) is 12.3 Å². The molecule has 0 fully saturated rings. The Hall–Kier alpha value is -3.55. The van der Waals surface area contributed by atoms with Crippen molar-refractivity contribution in [1.82, 2.24) is 20.4 Å². The van der Waals surface area contributed by atoms with E-state index in [2.05, 4.69) is 31.4 Å². The summed E-state index contributed by atoms with van der Waals surface area (Å²) in [5, 5.41) is 5.68. The number of nitrogens with zero attached hydrogens (tertiary/aromatic N) is 2. The zero-order valence-electron chi connectivity index (χ0n) is 18.8. The van der Waals surface area contributed by atoms with Crippen LogP contribution in [0.2, 0.25) is 0 Å². The van der Waals surface area contributed by atoms with Crippen LogP contribution in [0.4, 0.5) is 4.79 Å². The molecule has 0 spiro atoms. The number of hydrogen-bond donors (Lipinski definition) is 2. The molecule has 1 aromatic carbocycles. The van der Waals surface area contributed by atoms with Crippen LogP contribution in [-0.2, 0) is 21.5 Å². The Labute approximate surface area is 187 Å². The van der Waals surface area contributed by atoms with E-state index in [0.717, 1.165) is 5.56 Å². The van der Waals surface area contributed by atoms with Gasteiger partial charge in [-0.1, -0.05) is 45.0 Å². The predicted octanol–water partition coefficient (Wildman–Crippen LogP) is 2.69. The second-order valence-corrected chi connectivity index (χ2v) is 9.19. The lowest BCUT2D eigenvalue weighted by Gasteiger charge is -2.31. The van der Waals surface area contributed by atoms with Crippen molar-refractivity contribution in [2.24, 2.45) is 0 Å². The van der Waals surface area contributed by atoms with Gasteiger partial charge >= 0.3 is 6.03 Å². The summed E-state index contributed by atoms with van der Waals surface area (Å²) in [6, 6.07) is 10.7. The lowest BCUT2D eigenvalue weighted by Crippen LogP contribution is -2.45. The Kier molecular flexibility index (Phi) is 5.54. The summed E-state index contributed by atoms with van der Waals surface area (Å²) >= 11 is 0. The molecule has 4 rings (SSSR count). The summed E-state index contributed by atoms with van der Waals surface area (Å²) in [7, 11) is 1.64. The quantitative estimate of drug-likeness (QED) is 0.753. The molecule has 0 saturated carbocycles. The maximum absolute atomic E-state index is 13.3. The van der Waals surface area contributed by atoms with E-state index in [1.807, 2.05) is 24.3 Å². The summed E-state index contributed by atoms with van der Waals surface area (Å²) in [5.74, 6) is 0.101. The topological polar surface area (TPSA) is 94.9 Å². The molecule has 1 unspecified atom stereocenters. The molecular weight excluding hydrogens is 408 g/mol. The minimum absolute atomic E-state index is 0.00196. The van der Waals surface area contributed by atoms with E-state index in [-0.39, 0.29) is 42.9 Å². The molecule has 32 heavy (non-hydrogen) atoms. The third-order valence-electron chi connectivity index (χ3n) is 5.92. The first-order chi connectivity index (χ1) is 15.1. The highest BCUT2D eigenvalue weighted by Crippen LogP contribution is 2.36. The van der Waals surface area contributed by atoms with Crippen molar-refractivity contribution in [2.75, 3.05) is 20.1 Å². The number of carbonyl (C=O) groups is 3. The molecule has 0 saturated heterocycles. The van der Waals surface area contributed by atoms with E-state index in [9.17, 15) is 14.4 Å². The van der Waals surface area contributed by atoms with Crippen LogP contribution < -0.4 is 10.6 Å². The fourth-order valence-electron chi connectivity index (χ4n) is 4.00. The number of furan rings is 1. The third kappa shape index (κ3) is 4.12. The first-order valence-electron chi connectivity index (χ1n) is 10.6. The van der Waals surface area contributed by atoms with Crippen LogP contribution in [-0.4, -0.2) is 47.8 Å². The molecular formula is C24H28N4O4. The summed E-state index contributed by atoms with van der Waals surface area (Å²) in [5.41, 5.74) is 3.14. The number of hydrogen-bond acceptors (Lipinski definition) is 4. The lowest BCUT2D eigenvalue weighted by molar-refractivity contribution is -0.132. The minimum atomic E-state index is -0.550. The highest BCUT2D eigenvalue weighted by molar-refractivity contribution is 6.02. The number of urea groups is 1. The number of benzene rings is 1. The van der Waals surface area contributed by atoms with E-state index < -0.39 is 6.04 Å². The SMILES string of the molecule is CN1C(=O)NC(c2ccc(C(C)(C)C)cc2)C2=C1CN(CC(=O)NCc1ccco1)C2=O. The fraction of sp³-hybridized carbons (Fsp3) is 0.375. The molecule has 168 valence electrons. The van der Waals surface area contributed by atoms with Crippen molar-refractivity contribution < 1.29 is 18.8 Å². The molecule has 8 heteroatoms. The number of carbonyl (C=O) groups excluding carboxylic acids is 3.